The molecule has 1 heterocycles. The smallest absolute Gasteiger partial charge is 0.345 e. The third-order valence-electron chi connectivity index (χ3n) is 2.89. The number of pyridine rings is 1. The molecule has 1 aromatic heterocycles. The van der Waals surface area contributed by atoms with Crippen molar-refractivity contribution in [1.82, 2.24) is 10.4 Å². The quantitative estimate of drug-likeness (QED) is 0.263. The zero-order valence-corrected chi connectivity index (χ0v) is 13.1. The maximum atomic E-state index is 12.0. The minimum Gasteiger partial charge on any atom is -0.493 e. The normalized spacial score (nSPS) is 10.3. The Kier molecular flexibility index (Phi) is 5.77. The third-order valence-corrected chi connectivity index (χ3v) is 2.89. The Morgan fingerprint density at radius 3 is 2.68 bits per heavy atom. The van der Waals surface area contributed by atoms with Crippen LogP contribution in [0.1, 0.15) is 15.9 Å². The fourth-order valence-electron chi connectivity index (χ4n) is 1.71. The second-order valence-corrected chi connectivity index (χ2v) is 4.60. The second-order valence-electron chi connectivity index (χ2n) is 4.60. The first-order chi connectivity index (χ1) is 12.0. The Morgan fingerprint density at radius 1 is 1.24 bits per heavy atom. The summed E-state index contributed by atoms with van der Waals surface area (Å²) in [6.45, 7) is 0. The van der Waals surface area contributed by atoms with Crippen LogP contribution in [0.25, 0.3) is 0 Å². The molecule has 0 fully saturated rings. The van der Waals surface area contributed by atoms with Crippen LogP contribution in [0.5, 0.6) is 11.5 Å². The van der Waals surface area contributed by atoms with Gasteiger partial charge in [0.05, 0.1) is 18.9 Å². The van der Waals surface area contributed by atoms with E-state index in [0.29, 0.717) is 11.1 Å². The van der Waals surface area contributed by atoms with E-state index in [9.17, 15) is 14.4 Å². The van der Waals surface area contributed by atoms with Gasteiger partial charge in [-0.3, -0.25) is 14.6 Å². The molecular weight excluding hydrogens is 328 g/mol. The highest BCUT2D eigenvalue weighted by atomic mass is 16.6. The van der Waals surface area contributed by atoms with Crippen LogP contribution in [-0.4, -0.2) is 36.1 Å². The molecule has 0 atom stereocenters. The SMILES string of the molecule is COc1cc(/C=N\NC(=O)C(N)=O)ccc1OC(=O)c1cccnc1. The molecule has 0 saturated carbocycles. The molecule has 0 saturated heterocycles. The summed E-state index contributed by atoms with van der Waals surface area (Å²) in [6.07, 6.45) is 4.20. The Morgan fingerprint density at radius 2 is 2.04 bits per heavy atom. The molecule has 0 spiro atoms. The molecule has 1 aromatic carbocycles. The number of methoxy groups -OCH3 is 1. The van der Waals surface area contributed by atoms with E-state index in [4.69, 9.17) is 15.2 Å². The molecule has 2 aromatic rings. The first kappa shape index (κ1) is 17.6. The van der Waals surface area contributed by atoms with Gasteiger partial charge >= 0.3 is 17.8 Å². The summed E-state index contributed by atoms with van der Waals surface area (Å²) in [4.78, 5) is 37.4. The van der Waals surface area contributed by atoms with E-state index in [2.05, 4.69) is 10.1 Å². The molecule has 0 aliphatic carbocycles. The Balaban J connectivity index is 2.11. The first-order valence-corrected chi connectivity index (χ1v) is 6.94. The van der Waals surface area contributed by atoms with Gasteiger partial charge in [-0.2, -0.15) is 5.10 Å². The van der Waals surface area contributed by atoms with E-state index in [0.717, 1.165) is 0 Å². The highest BCUT2D eigenvalue weighted by molar-refractivity contribution is 6.34. The van der Waals surface area contributed by atoms with Crippen molar-refractivity contribution in [2.75, 3.05) is 7.11 Å². The number of hydrazone groups is 1. The number of nitrogens with zero attached hydrogens (tertiary/aromatic N) is 2. The zero-order chi connectivity index (χ0) is 18.2. The summed E-state index contributed by atoms with van der Waals surface area (Å²) >= 11 is 0. The topological polar surface area (TPSA) is 133 Å². The van der Waals surface area contributed by atoms with E-state index in [1.807, 2.05) is 5.43 Å². The van der Waals surface area contributed by atoms with Crippen LogP contribution in [0, 0.1) is 0 Å². The van der Waals surface area contributed by atoms with Crippen LogP contribution in [0.15, 0.2) is 47.8 Å². The van der Waals surface area contributed by atoms with Crippen molar-refractivity contribution in [3.05, 3.63) is 53.9 Å². The van der Waals surface area contributed by atoms with Gasteiger partial charge < -0.3 is 15.2 Å². The molecule has 0 radical (unpaired) electrons. The van der Waals surface area contributed by atoms with Crippen molar-refractivity contribution >= 4 is 24.0 Å². The molecule has 0 aliphatic rings. The van der Waals surface area contributed by atoms with Crippen molar-refractivity contribution in [2.24, 2.45) is 10.8 Å². The van der Waals surface area contributed by atoms with E-state index >= 15 is 0 Å². The van der Waals surface area contributed by atoms with Crippen LogP contribution in [0.4, 0.5) is 0 Å². The standard InChI is InChI=1S/C16H14N4O5/c1-24-13-7-10(8-19-20-15(22)14(17)21)4-5-12(13)25-16(23)11-3-2-6-18-9-11/h2-9H,1H3,(H2,17,21)(H,20,22)/b19-8-. The lowest BCUT2D eigenvalue weighted by Crippen LogP contribution is -2.32. The lowest BCUT2D eigenvalue weighted by atomic mass is 10.2. The number of amides is 2. The lowest BCUT2D eigenvalue weighted by Gasteiger charge is -2.09. The molecule has 128 valence electrons. The molecule has 0 bridgehead atoms. The number of nitrogens with two attached hydrogens (primary N) is 1. The number of rotatable bonds is 5. The molecule has 9 heteroatoms. The summed E-state index contributed by atoms with van der Waals surface area (Å²) in [5.41, 5.74) is 7.56. The lowest BCUT2D eigenvalue weighted by molar-refractivity contribution is -0.137. The van der Waals surface area contributed by atoms with Crippen LogP contribution in [-0.2, 0) is 9.59 Å². The van der Waals surface area contributed by atoms with Crippen molar-refractivity contribution < 1.29 is 23.9 Å². The van der Waals surface area contributed by atoms with Gasteiger partial charge in [0.2, 0.25) is 0 Å². The predicted molar refractivity (Wildman–Crippen MR) is 87.1 cm³/mol. The van der Waals surface area contributed by atoms with Crippen LogP contribution >= 0.6 is 0 Å². The average Bonchev–Trinajstić information content (AvgIpc) is 2.63. The van der Waals surface area contributed by atoms with E-state index < -0.39 is 17.8 Å². The van der Waals surface area contributed by atoms with Crippen LogP contribution in [0.2, 0.25) is 0 Å². The Hall–Kier alpha value is -3.75. The monoisotopic (exact) mass is 342 g/mol. The van der Waals surface area contributed by atoms with Crippen molar-refractivity contribution in [1.29, 1.82) is 0 Å². The maximum Gasteiger partial charge on any atom is 0.345 e. The number of carbonyl (C=O) groups excluding carboxylic acids is 3. The maximum absolute atomic E-state index is 12.0. The van der Waals surface area contributed by atoms with Gasteiger partial charge in [0.25, 0.3) is 0 Å². The van der Waals surface area contributed by atoms with E-state index in [-0.39, 0.29) is 11.5 Å². The molecule has 9 nitrogen and oxygen atoms in total. The molecule has 25 heavy (non-hydrogen) atoms. The summed E-state index contributed by atoms with van der Waals surface area (Å²) in [7, 11) is 1.41. The number of hydrogen-bond donors (Lipinski definition) is 2. The van der Waals surface area contributed by atoms with Crippen molar-refractivity contribution in [2.45, 2.75) is 0 Å². The van der Waals surface area contributed by atoms with Crippen LogP contribution < -0.4 is 20.6 Å². The van der Waals surface area contributed by atoms with Crippen molar-refractivity contribution in [3.63, 3.8) is 0 Å². The molecule has 2 rings (SSSR count). The zero-order valence-electron chi connectivity index (χ0n) is 13.1. The first-order valence-electron chi connectivity index (χ1n) is 6.94. The van der Waals surface area contributed by atoms with E-state index in [1.54, 1.807) is 24.4 Å². The van der Waals surface area contributed by atoms with Crippen molar-refractivity contribution in [3.8, 4) is 11.5 Å². The Labute approximate surface area is 142 Å². The molecule has 0 unspecified atom stereocenters. The van der Waals surface area contributed by atoms with Crippen LogP contribution in [0.3, 0.4) is 0 Å². The summed E-state index contributed by atoms with van der Waals surface area (Å²) in [5, 5.41) is 3.58. The van der Waals surface area contributed by atoms with Gasteiger partial charge in [-0.15, -0.1) is 0 Å². The number of carbonyl (C=O) groups is 3. The molecule has 2 amide bonds. The largest absolute Gasteiger partial charge is 0.493 e. The van der Waals surface area contributed by atoms with Gasteiger partial charge in [0, 0.05) is 12.4 Å². The molecule has 0 aliphatic heterocycles. The number of esters is 1. The minimum atomic E-state index is -1.15. The highest BCUT2D eigenvalue weighted by Gasteiger charge is 2.13. The van der Waals surface area contributed by atoms with Gasteiger partial charge in [-0.05, 0) is 35.9 Å². The average molecular weight is 342 g/mol. The third kappa shape index (κ3) is 4.86. The Bertz CT molecular complexity index is 821. The summed E-state index contributed by atoms with van der Waals surface area (Å²) in [6, 6.07) is 7.81. The van der Waals surface area contributed by atoms with E-state index in [1.165, 1.54) is 31.7 Å². The number of primary amides is 1. The van der Waals surface area contributed by atoms with Gasteiger partial charge in [-0.25, -0.2) is 10.2 Å². The van der Waals surface area contributed by atoms with Gasteiger partial charge in [0.15, 0.2) is 11.5 Å². The van der Waals surface area contributed by atoms with Gasteiger partial charge in [0.1, 0.15) is 0 Å². The number of ether oxygens (including phenoxy) is 2. The van der Waals surface area contributed by atoms with Gasteiger partial charge in [-0.1, -0.05) is 0 Å². The molecular formula is C16H14N4O5. The summed E-state index contributed by atoms with van der Waals surface area (Å²) in [5.74, 6) is -2.28. The fraction of sp³-hybridized carbons (Fsp3) is 0.0625. The number of hydrogen-bond acceptors (Lipinski definition) is 7. The minimum absolute atomic E-state index is 0.203. The number of benzene rings is 1. The summed E-state index contributed by atoms with van der Waals surface area (Å²) < 4.78 is 10.4. The number of nitrogens with one attached hydrogen (secondary N) is 1. The fourth-order valence-corrected chi connectivity index (χ4v) is 1.71. The predicted octanol–water partition coefficient (Wildman–Crippen LogP) is 0.245. The highest BCUT2D eigenvalue weighted by Crippen LogP contribution is 2.28. The second kappa shape index (κ2) is 8.20. The molecule has 3 N–H and O–H groups in total. The number of aromatic nitrogens is 1.